The van der Waals surface area contributed by atoms with Gasteiger partial charge >= 0.3 is 6.18 Å². The van der Waals surface area contributed by atoms with Crippen LogP contribution in [0.4, 0.5) is 36.4 Å². The van der Waals surface area contributed by atoms with Gasteiger partial charge < -0.3 is 10.6 Å². The van der Waals surface area contributed by atoms with Gasteiger partial charge in [-0.05, 0) is 59.5 Å². The van der Waals surface area contributed by atoms with E-state index in [1.54, 1.807) is 24.8 Å². The number of carbonyl (C=O) groups is 2. The van der Waals surface area contributed by atoms with Gasteiger partial charge in [0.15, 0.2) is 0 Å². The summed E-state index contributed by atoms with van der Waals surface area (Å²) >= 11 is 3.43. The van der Waals surface area contributed by atoms with Crippen molar-refractivity contribution in [2.24, 2.45) is 0 Å². The van der Waals surface area contributed by atoms with Crippen LogP contribution in [-0.2, 0) is 5.67 Å². The standard InChI is InChI=1S/C22H20F7IN2O2S/c1-3-35-10-11(2)31-19(34)17-13(5-4-6-15(17)30)18(33)32-16-8-7-12(9-14(16)23)21(26,20(24)25)22(27,28)29/h4-9,11,20H,3,10H2,1-2H3,(H,31,34)(H,32,33)/t11-,21?/m0/s1. The van der Waals surface area contributed by atoms with Gasteiger partial charge in [0.2, 0.25) is 0 Å². The predicted octanol–water partition coefficient (Wildman–Crippen LogP) is 6.55. The number of amides is 2. The second kappa shape index (κ2) is 11.8. The monoisotopic (exact) mass is 636 g/mol. The van der Waals surface area contributed by atoms with Crippen LogP contribution in [0.15, 0.2) is 36.4 Å². The highest BCUT2D eigenvalue weighted by molar-refractivity contribution is 14.1. The average molecular weight is 636 g/mol. The van der Waals surface area contributed by atoms with Gasteiger partial charge in [-0.2, -0.15) is 24.9 Å². The molecule has 0 bridgehead atoms. The van der Waals surface area contributed by atoms with Crippen molar-refractivity contribution in [3.05, 3.63) is 62.5 Å². The molecule has 0 heterocycles. The molecule has 4 nitrogen and oxygen atoms in total. The van der Waals surface area contributed by atoms with E-state index in [1.165, 1.54) is 12.1 Å². The van der Waals surface area contributed by atoms with E-state index in [0.29, 0.717) is 21.5 Å². The third kappa shape index (κ3) is 6.60. The Labute approximate surface area is 214 Å². The van der Waals surface area contributed by atoms with E-state index in [1.807, 2.05) is 29.5 Å². The molecule has 0 spiro atoms. The summed E-state index contributed by atoms with van der Waals surface area (Å²) in [6, 6.07) is 4.90. The summed E-state index contributed by atoms with van der Waals surface area (Å²) in [5.74, 6) is -1.65. The lowest BCUT2D eigenvalue weighted by molar-refractivity contribution is -0.274. The highest BCUT2D eigenvalue weighted by atomic mass is 127. The SMILES string of the molecule is CCSC[C@H](C)NC(=O)c1c(I)cccc1C(=O)Nc1ccc(C(F)(C(F)F)C(F)(F)F)cc1F. The molecule has 2 aromatic rings. The Morgan fingerprint density at radius 3 is 2.29 bits per heavy atom. The normalized spacial score (nSPS) is 14.4. The minimum Gasteiger partial charge on any atom is -0.349 e. The highest BCUT2D eigenvalue weighted by Crippen LogP contribution is 2.47. The Morgan fingerprint density at radius 2 is 1.74 bits per heavy atom. The molecule has 13 heteroatoms. The van der Waals surface area contributed by atoms with Gasteiger partial charge in [0.1, 0.15) is 5.82 Å². The molecule has 2 atom stereocenters. The molecule has 0 aliphatic heterocycles. The van der Waals surface area contributed by atoms with Crippen LogP contribution in [0.1, 0.15) is 40.1 Å². The maximum Gasteiger partial charge on any atom is 0.432 e. The van der Waals surface area contributed by atoms with Crippen LogP contribution in [-0.4, -0.2) is 42.0 Å². The van der Waals surface area contributed by atoms with Gasteiger partial charge in [-0.25, -0.2) is 17.6 Å². The fourth-order valence-corrected chi connectivity index (χ4v) is 4.44. The molecule has 0 saturated heterocycles. The van der Waals surface area contributed by atoms with Gasteiger partial charge in [0, 0.05) is 20.9 Å². The first kappa shape index (κ1) is 29.2. The van der Waals surface area contributed by atoms with Crippen molar-refractivity contribution in [1.29, 1.82) is 0 Å². The van der Waals surface area contributed by atoms with Crippen LogP contribution >= 0.6 is 34.4 Å². The minimum absolute atomic E-state index is 0.00600. The third-order valence-electron chi connectivity index (χ3n) is 4.79. The van der Waals surface area contributed by atoms with Crippen molar-refractivity contribution < 1.29 is 40.3 Å². The second-order valence-electron chi connectivity index (χ2n) is 7.36. The second-order valence-corrected chi connectivity index (χ2v) is 9.84. The fourth-order valence-electron chi connectivity index (χ4n) is 3.02. The molecule has 0 radical (unpaired) electrons. The van der Waals surface area contributed by atoms with Crippen molar-refractivity contribution >= 4 is 51.9 Å². The van der Waals surface area contributed by atoms with E-state index < -0.39 is 47.2 Å². The molecule has 0 aliphatic rings. The summed E-state index contributed by atoms with van der Waals surface area (Å²) in [6.07, 6.45) is -10.5. The van der Waals surface area contributed by atoms with Crippen molar-refractivity contribution in [2.75, 3.05) is 16.8 Å². The number of anilines is 1. The first-order valence-corrected chi connectivity index (χ1v) is 12.3. The summed E-state index contributed by atoms with van der Waals surface area (Å²) in [4.78, 5) is 25.6. The summed E-state index contributed by atoms with van der Waals surface area (Å²) in [5, 5.41) is 4.84. The number of carbonyl (C=O) groups excluding carboxylic acids is 2. The number of benzene rings is 2. The van der Waals surface area contributed by atoms with E-state index in [4.69, 9.17) is 0 Å². The minimum atomic E-state index is -6.01. The summed E-state index contributed by atoms with van der Waals surface area (Å²) in [6.45, 7) is 3.73. The highest BCUT2D eigenvalue weighted by Gasteiger charge is 2.64. The molecule has 0 saturated carbocycles. The number of rotatable bonds is 9. The molecule has 2 rings (SSSR count). The molecular formula is C22H20F7IN2O2S. The van der Waals surface area contributed by atoms with Crippen LogP contribution in [0.2, 0.25) is 0 Å². The maximum absolute atomic E-state index is 14.5. The van der Waals surface area contributed by atoms with Crippen molar-refractivity contribution in [2.45, 2.75) is 38.2 Å². The van der Waals surface area contributed by atoms with Gasteiger partial charge in [0.05, 0.1) is 16.8 Å². The third-order valence-corrected chi connectivity index (χ3v) is 6.83. The lowest BCUT2D eigenvalue weighted by Crippen LogP contribution is -2.44. The maximum atomic E-state index is 14.5. The molecule has 0 aromatic heterocycles. The van der Waals surface area contributed by atoms with Crippen molar-refractivity contribution in [3.63, 3.8) is 0 Å². The number of alkyl halides is 6. The lowest BCUT2D eigenvalue weighted by atomic mass is 9.95. The lowest BCUT2D eigenvalue weighted by Gasteiger charge is -2.27. The van der Waals surface area contributed by atoms with E-state index >= 15 is 0 Å². The van der Waals surface area contributed by atoms with E-state index in [2.05, 4.69) is 10.6 Å². The Morgan fingerprint density at radius 1 is 1.09 bits per heavy atom. The summed E-state index contributed by atoms with van der Waals surface area (Å²) < 4.78 is 93.7. The van der Waals surface area contributed by atoms with Gasteiger partial charge in [-0.15, -0.1) is 0 Å². The smallest absolute Gasteiger partial charge is 0.349 e. The molecule has 35 heavy (non-hydrogen) atoms. The van der Waals surface area contributed by atoms with Crippen molar-refractivity contribution in [3.8, 4) is 0 Å². The molecule has 0 aliphatic carbocycles. The van der Waals surface area contributed by atoms with E-state index in [-0.39, 0.29) is 23.2 Å². The summed E-state index contributed by atoms with van der Waals surface area (Å²) in [5.41, 5.74) is -7.59. The van der Waals surface area contributed by atoms with Crippen LogP contribution in [0, 0.1) is 9.39 Å². The molecule has 1 unspecified atom stereocenters. The zero-order valence-corrected chi connectivity index (χ0v) is 21.3. The van der Waals surface area contributed by atoms with Crippen LogP contribution in [0.5, 0.6) is 0 Å². The van der Waals surface area contributed by atoms with E-state index in [0.717, 1.165) is 5.75 Å². The predicted molar refractivity (Wildman–Crippen MR) is 128 cm³/mol. The number of thioether (sulfide) groups is 1. The number of hydrogen-bond donors (Lipinski definition) is 2. The Kier molecular flexibility index (Phi) is 9.85. The van der Waals surface area contributed by atoms with Crippen LogP contribution in [0.25, 0.3) is 0 Å². The van der Waals surface area contributed by atoms with Gasteiger partial charge in [-0.1, -0.05) is 19.1 Å². The summed E-state index contributed by atoms with van der Waals surface area (Å²) in [7, 11) is 0. The number of halogens is 8. The van der Waals surface area contributed by atoms with Crippen LogP contribution < -0.4 is 10.6 Å². The molecule has 0 fully saturated rings. The Hall–Kier alpha value is -2.03. The van der Waals surface area contributed by atoms with Crippen LogP contribution in [0.3, 0.4) is 0 Å². The van der Waals surface area contributed by atoms with Gasteiger partial charge in [-0.3, -0.25) is 9.59 Å². The zero-order valence-electron chi connectivity index (χ0n) is 18.3. The molecular weight excluding hydrogens is 616 g/mol. The molecule has 2 N–H and O–H groups in total. The quantitative estimate of drug-likeness (QED) is 0.243. The Bertz CT molecular complexity index is 1080. The topological polar surface area (TPSA) is 58.2 Å². The first-order chi connectivity index (χ1) is 16.2. The van der Waals surface area contributed by atoms with E-state index in [9.17, 15) is 40.3 Å². The fraction of sp³-hybridized carbons (Fsp3) is 0.364. The molecule has 192 valence electrons. The first-order valence-electron chi connectivity index (χ1n) is 10.1. The zero-order chi connectivity index (χ0) is 26.6. The number of hydrogen-bond acceptors (Lipinski definition) is 3. The average Bonchev–Trinajstić information content (AvgIpc) is 2.77. The molecule has 2 aromatic carbocycles. The van der Waals surface area contributed by atoms with Crippen molar-refractivity contribution in [1.82, 2.24) is 5.32 Å². The van der Waals surface area contributed by atoms with Gasteiger partial charge in [0.25, 0.3) is 23.9 Å². The molecule has 2 amide bonds. The number of nitrogens with one attached hydrogen (secondary N) is 2. The Balaban J connectivity index is 2.34. The largest absolute Gasteiger partial charge is 0.432 e.